The first-order valence-corrected chi connectivity index (χ1v) is 7.95. The normalized spacial score (nSPS) is 11.8. The lowest BCUT2D eigenvalue weighted by molar-refractivity contribution is 0.436. The lowest BCUT2D eigenvalue weighted by atomic mass is 10.2. The highest BCUT2D eigenvalue weighted by Crippen LogP contribution is 2.21. The van der Waals surface area contributed by atoms with Gasteiger partial charge in [-0.25, -0.2) is 12.8 Å². The van der Waals surface area contributed by atoms with Crippen LogP contribution in [0.3, 0.4) is 0 Å². The zero-order valence-electron chi connectivity index (χ0n) is 11.9. The smallest absolute Gasteiger partial charge is 0.246 e. The highest BCUT2D eigenvalue weighted by atomic mass is 32.2. The summed E-state index contributed by atoms with van der Waals surface area (Å²) < 4.78 is 40.1. The van der Waals surface area contributed by atoms with Crippen molar-refractivity contribution in [2.45, 2.75) is 24.8 Å². The molecule has 6 heteroatoms. The molecular weight excluding hydrogens is 279 g/mol. The number of nitrogens with one attached hydrogen (secondary N) is 1. The molecule has 1 rings (SSSR count). The number of benzene rings is 1. The first-order chi connectivity index (χ1) is 9.47. The van der Waals surface area contributed by atoms with E-state index in [1.807, 2.05) is 6.92 Å². The third-order valence-electron chi connectivity index (χ3n) is 2.80. The van der Waals surface area contributed by atoms with Gasteiger partial charge in [-0.3, -0.25) is 0 Å². The average molecular weight is 300 g/mol. The van der Waals surface area contributed by atoms with Crippen molar-refractivity contribution >= 4 is 10.0 Å². The van der Waals surface area contributed by atoms with Crippen molar-refractivity contribution in [3.63, 3.8) is 0 Å². The summed E-state index contributed by atoms with van der Waals surface area (Å²) in [5.41, 5.74) is 0.725. The maximum absolute atomic E-state index is 13.9. The van der Waals surface area contributed by atoms with Gasteiger partial charge in [-0.05, 0) is 31.2 Å². The highest BCUT2D eigenvalue weighted by Gasteiger charge is 2.26. The Kier molecular flexibility index (Phi) is 6.32. The lowest BCUT2D eigenvalue weighted by Crippen LogP contribution is -2.32. The molecule has 0 fully saturated rings. The van der Waals surface area contributed by atoms with Crippen molar-refractivity contribution in [1.29, 1.82) is 0 Å². The van der Waals surface area contributed by atoms with Crippen LogP contribution in [0, 0.1) is 5.82 Å². The SMILES string of the molecule is C=CCN(CCC)S(=O)(=O)c1cc(CNC)ccc1F. The minimum absolute atomic E-state index is 0.172. The summed E-state index contributed by atoms with van der Waals surface area (Å²) >= 11 is 0. The molecule has 1 aromatic rings. The first kappa shape index (κ1) is 16.8. The summed E-state index contributed by atoms with van der Waals surface area (Å²) in [5.74, 6) is -0.727. The van der Waals surface area contributed by atoms with Gasteiger partial charge in [0.05, 0.1) is 0 Å². The van der Waals surface area contributed by atoms with Crippen LogP contribution >= 0.6 is 0 Å². The van der Waals surface area contributed by atoms with E-state index in [0.717, 1.165) is 5.56 Å². The van der Waals surface area contributed by atoms with Crippen LogP contribution < -0.4 is 5.32 Å². The summed E-state index contributed by atoms with van der Waals surface area (Å²) in [7, 11) is -2.09. The van der Waals surface area contributed by atoms with Crippen molar-refractivity contribution in [1.82, 2.24) is 9.62 Å². The molecule has 0 saturated heterocycles. The van der Waals surface area contributed by atoms with E-state index < -0.39 is 15.8 Å². The van der Waals surface area contributed by atoms with Gasteiger partial charge in [0.2, 0.25) is 10.0 Å². The van der Waals surface area contributed by atoms with Crippen molar-refractivity contribution in [2.75, 3.05) is 20.1 Å². The van der Waals surface area contributed by atoms with Crippen molar-refractivity contribution < 1.29 is 12.8 Å². The van der Waals surface area contributed by atoms with Crippen molar-refractivity contribution in [2.24, 2.45) is 0 Å². The number of hydrogen-bond acceptors (Lipinski definition) is 3. The van der Waals surface area contributed by atoms with E-state index >= 15 is 0 Å². The molecule has 0 aromatic heterocycles. The minimum atomic E-state index is -3.84. The van der Waals surface area contributed by atoms with E-state index in [9.17, 15) is 12.8 Å². The predicted molar refractivity (Wildman–Crippen MR) is 78.4 cm³/mol. The average Bonchev–Trinajstić information content (AvgIpc) is 2.41. The van der Waals surface area contributed by atoms with Gasteiger partial charge in [-0.2, -0.15) is 4.31 Å². The summed E-state index contributed by atoms with van der Waals surface area (Å²) in [4.78, 5) is -0.277. The molecule has 0 aliphatic heterocycles. The molecule has 0 bridgehead atoms. The Balaban J connectivity index is 3.24. The molecule has 0 heterocycles. The molecule has 20 heavy (non-hydrogen) atoms. The van der Waals surface area contributed by atoms with E-state index in [2.05, 4.69) is 11.9 Å². The Morgan fingerprint density at radius 1 is 1.45 bits per heavy atom. The molecule has 0 unspecified atom stereocenters. The molecule has 0 aliphatic rings. The van der Waals surface area contributed by atoms with E-state index in [4.69, 9.17) is 0 Å². The van der Waals surface area contributed by atoms with Crippen LogP contribution in [0.5, 0.6) is 0 Å². The molecule has 1 aromatic carbocycles. The largest absolute Gasteiger partial charge is 0.316 e. The van der Waals surface area contributed by atoms with E-state index in [1.165, 1.54) is 22.5 Å². The monoisotopic (exact) mass is 300 g/mol. The van der Waals surface area contributed by atoms with Gasteiger partial charge in [0.25, 0.3) is 0 Å². The predicted octanol–water partition coefficient (Wildman–Crippen LogP) is 2.13. The van der Waals surface area contributed by atoms with Crippen molar-refractivity contribution in [3.8, 4) is 0 Å². The second kappa shape index (κ2) is 7.52. The van der Waals surface area contributed by atoms with Gasteiger partial charge >= 0.3 is 0 Å². The molecule has 0 spiro atoms. The molecule has 4 nitrogen and oxygen atoms in total. The Labute approximate surface area is 120 Å². The fraction of sp³-hybridized carbons (Fsp3) is 0.429. The third kappa shape index (κ3) is 3.88. The number of sulfonamides is 1. The quantitative estimate of drug-likeness (QED) is 0.748. The zero-order chi connectivity index (χ0) is 15.2. The Hall–Kier alpha value is -1.24. The summed E-state index contributed by atoms with van der Waals surface area (Å²) in [5, 5.41) is 2.91. The summed E-state index contributed by atoms with van der Waals surface area (Å²) in [6.45, 7) is 6.42. The fourth-order valence-electron chi connectivity index (χ4n) is 1.90. The number of hydrogen-bond donors (Lipinski definition) is 1. The summed E-state index contributed by atoms with van der Waals surface area (Å²) in [6.07, 6.45) is 2.16. The molecule has 0 radical (unpaired) electrons. The first-order valence-electron chi connectivity index (χ1n) is 6.51. The van der Waals surface area contributed by atoms with Gasteiger partial charge in [0.15, 0.2) is 0 Å². The van der Waals surface area contributed by atoms with Gasteiger partial charge < -0.3 is 5.32 Å². The van der Waals surface area contributed by atoms with Gasteiger partial charge in [-0.1, -0.05) is 19.1 Å². The number of nitrogens with zero attached hydrogens (tertiary/aromatic N) is 1. The van der Waals surface area contributed by atoms with Crippen LogP contribution in [-0.2, 0) is 16.6 Å². The molecule has 112 valence electrons. The van der Waals surface area contributed by atoms with Crippen LogP contribution in [0.25, 0.3) is 0 Å². The van der Waals surface area contributed by atoms with Crippen LogP contribution in [0.1, 0.15) is 18.9 Å². The standard InChI is InChI=1S/C14H21FN2O2S/c1-4-8-17(9-5-2)20(18,19)14-10-12(11-16-3)6-7-13(14)15/h4,6-7,10,16H,1,5,8-9,11H2,2-3H3. The Bertz CT molecular complexity index is 558. The van der Waals surface area contributed by atoms with Gasteiger partial charge in [-0.15, -0.1) is 6.58 Å². The summed E-state index contributed by atoms with van der Waals surface area (Å²) in [6, 6.07) is 4.15. The van der Waals surface area contributed by atoms with Crippen LogP contribution in [0.2, 0.25) is 0 Å². The topological polar surface area (TPSA) is 49.4 Å². The Morgan fingerprint density at radius 2 is 2.15 bits per heavy atom. The lowest BCUT2D eigenvalue weighted by Gasteiger charge is -2.20. The number of rotatable bonds is 8. The van der Waals surface area contributed by atoms with Crippen LogP contribution in [0.15, 0.2) is 35.7 Å². The van der Waals surface area contributed by atoms with Crippen LogP contribution in [0.4, 0.5) is 4.39 Å². The Morgan fingerprint density at radius 3 is 2.70 bits per heavy atom. The number of halogens is 1. The van der Waals surface area contributed by atoms with E-state index in [-0.39, 0.29) is 11.4 Å². The third-order valence-corrected chi connectivity index (χ3v) is 4.68. The zero-order valence-corrected chi connectivity index (χ0v) is 12.7. The maximum atomic E-state index is 13.9. The second-order valence-electron chi connectivity index (χ2n) is 4.45. The molecular formula is C14H21FN2O2S. The van der Waals surface area contributed by atoms with Gasteiger partial charge in [0.1, 0.15) is 10.7 Å². The van der Waals surface area contributed by atoms with E-state index in [1.54, 1.807) is 13.1 Å². The maximum Gasteiger partial charge on any atom is 0.246 e. The van der Waals surface area contributed by atoms with Crippen molar-refractivity contribution in [3.05, 3.63) is 42.2 Å². The van der Waals surface area contributed by atoms with Crippen LogP contribution in [-0.4, -0.2) is 32.9 Å². The van der Waals surface area contributed by atoms with Gasteiger partial charge in [0, 0.05) is 19.6 Å². The molecule has 0 aliphatic carbocycles. The minimum Gasteiger partial charge on any atom is -0.316 e. The molecule has 1 N–H and O–H groups in total. The fourth-order valence-corrected chi connectivity index (χ4v) is 3.52. The highest BCUT2D eigenvalue weighted by molar-refractivity contribution is 7.89. The second-order valence-corrected chi connectivity index (χ2v) is 6.35. The molecule has 0 saturated carbocycles. The molecule has 0 amide bonds. The molecule has 0 atom stereocenters. The van der Waals surface area contributed by atoms with E-state index in [0.29, 0.717) is 19.5 Å².